The van der Waals surface area contributed by atoms with Crippen molar-refractivity contribution in [3.8, 4) is 11.1 Å². The number of furan rings is 1. The second kappa shape index (κ2) is 6.59. The lowest BCUT2D eigenvalue weighted by atomic mass is 10.0. The maximum Gasteiger partial charge on any atom is 0.347 e. The summed E-state index contributed by atoms with van der Waals surface area (Å²) in [7, 11) is 0. The average Bonchev–Trinajstić information content (AvgIpc) is 2.95. The normalized spacial score (nSPS) is 11.1. The Bertz CT molecular complexity index is 1210. The molecule has 0 aliphatic heterocycles. The molecule has 2 heterocycles. The first kappa shape index (κ1) is 17.4. The Morgan fingerprint density at radius 1 is 1.00 bits per heavy atom. The van der Waals surface area contributed by atoms with Gasteiger partial charge in [0.05, 0.1) is 10.6 Å². The molecule has 136 valence electrons. The van der Waals surface area contributed by atoms with Gasteiger partial charge in [0, 0.05) is 17.3 Å². The molecule has 4 nitrogen and oxygen atoms in total. The average molecular weight is 384 g/mol. The van der Waals surface area contributed by atoms with Crippen LogP contribution in [-0.4, -0.2) is 0 Å². The van der Waals surface area contributed by atoms with Crippen molar-refractivity contribution in [3.63, 3.8) is 0 Å². The molecule has 0 saturated heterocycles. The second-order valence-electron chi connectivity index (χ2n) is 6.23. The van der Waals surface area contributed by atoms with Crippen LogP contribution in [0.3, 0.4) is 0 Å². The molecule has 0 radical (unpaired) electrons. The van der Waals surface area contributed by atoms with Crippen LogP contribution in [0.2, 0.25) is 5.02 Å². The van der Waals surface area contributed by atoms with Crippen molar-refractivity contribution in [2.75, 3.05) is 5.32 Å². The van der Waals surface area contributed by atoms with Gasteiger partial charge >= 0.3 is 5.63 Å². The highest BCUT2D eigenvalue weighted by Gasteiger charge is 2.25. The molecule has 2 aromatic heterocycles. The molecule has 0 bridgehead atoms. The van der Waals surface area contributed by atoms with Crippen molar-refractivity contribution in [2.45, 2.75) is 13.8 Å². The molecule has 6 heteroatoms. The van der Waals surface area contributed by atoms with Gasteiger partial charge in [0.25, 0.3) is 0 Å². The molecule has 0 saturated carbocycles. The molecule has 0 spiro atoms. The highest BCUT2D eigenvalue weighted by molar-refractivity contribution is 6.34. The van der Waals surface area contributed by atoms with Crippen molar-refractivity contribution in [3.05, 3.63) is 81.1 Å². The number of para-hydroxylation sites is 1. The Labute approximate surface area is 159 Å². The lowest BCUT2D eigenvalue weighted by Gasteiger charge is -2.10. The third kappa shape index (κ3) is 3.00. The predicted octanol–water partition coefficient (Wildman–Crippen LogP) is 6.21. The fraction of sp³-hybridized carbons (Fsp3) is 0.0952. The van der Waals surface area contributed by atoms with Crippen LogP contribution >= 0.6 is 11.6 Å². The van der Waals surface area contributed by atoms with Crippen molar-refractivity contribution >= 4 is 34.1 Å². The molecule has 0 atom stereocenters. The van der Waals surface area contributed by atoms with Crippen molar-refractivity contribution in [1.29, 1.82) is 0 Å². The molecular formula is C21H15ClFNO3. The third-order valence-electron chi connectivity index (χ3n) is 4.33. The number of benzene rings is 2. The quantitative estimate of drug-likeness (QED) is 0.457. The van der Waals surface area contributed by atoms with Crippen LogP contribution in [0.1, 0.15) is 11.3 Å². The first-order valence-corrected chi connectivity index (χ1v) is 8.68. The number of nitrogens with one attached hydrogen (secondary N) is 1. The molecule has 27 heavy (non-hydrogen) atoms. The standard InChI is InChI=1S/C21H15ClFNO3/c1-11-6-3-4-9-15(11)24-20-19(17-13(22)7-5-8-14(17)23)18-16(27-20)10-12(2)26-21(18)25/h3-10,24H,1-2H3. The molecule has 0 unspecified atom stereocenters. The zero-order chi connectivity index (χ0) is 19.1. The fourth-order valence-electron chi connectivity index (χ4n) is 3.06. The summed E-state index contributed by atoms with van der Waals surface area (Å²) in [5.74, 6) is 0.0667. The maximum absolute atomic E-state index is 14.7. The number of rotatable bonds is 3. The van der Waals surface area contributed by atoms with Crippen molar-refractivity contribution in [2.24, 2.45) is 0 Å². The Balaban J connectivity index is 2.06. The monoisotopic (exact) mass is 383 g/mol. The zero-order valence-electron chi connectivity index (χ0n) is 14.6. The van der Waals surface area contributed by atoms with Gasteiger partial charge in [-0.1, -0.05) is 35.9 Å². The Kier molecular flexibility index (Phi) is 4.24. The topological polar surface area (TPSA) is 55.4 Å². The second-order valence-corrected chi connectivity index (χ2v) is 6.63. The summed E-state index contributed by atoms with van der Waals surface area (Å²) in [5, 5.41) is 3.47. The van der Waals surface area contributed by atoms with Crippen molar-refractivity contribution < 1.29 is 13.2 Å². The smallest absolute Gasteiger partial charge is 0.347 e. The van der Waals surface area contributed by atoms with Gasteiger partial charge in [0.15, 0.2) is 0 Å². The first-order valence-electron chi connectivity index (χ1n) is 8.30. The minimum atomic E-state index is -0.610. The van der Waals surface area contributed by atoms with Gasteiger partial charge in [0.1, 0.15) is 22.5 Å². The number of fused-ring (bicyclic) bond motifs is 1. The molecule has 1 N–H and O–H groups in total. The van der Waals surface area contributed by atoms with Crippen LogP contribution in [0, 0.1) is 19.7 Å². The number of halogens is 2. The van der Waals surface area contributed by atoms with Gasteiger partial charge in [-0.05, 0) is 37.6 Å². The lowest BCUT2D eigenvalue weighted by Crippen LogP contribution is -2.01. The third-order valence-corrected chi connectivity index (χ3v) is 4.65. The van der Waals surface area contributed by atoms with Crippen LogP contribution in [0.5, 0.6) is 0 Å². The highest BCUT2D eigenvalue weighted by atomic mass is 35.5. The van der Waals surface area contributed by atoms with Crippen LogP contribution in [0.15, 0.2) is 62.2 Å². The molecule has 0 aliphatic rings. The zero-order valence-corrected chi connectivity index (χ0v) is 15.4. The minimum Gasteiger partial charge on any atom is -0.439 e. The van der Waals surface area contributed by atoms with Crippen molar-refractivity contribution in [1.82, 2.24) is 0 Å². The van der Waals surface area contributed by atoms with E-state index in [9.17, 15) is 9.18 Å². The summed E-state index contributed by atoms with van der Waals surface area (Å²) < 4.78 is 25.8. The Morgan fingerprint density at radius 3 is 2.52 bits per heavy atom. The van der Waals surface area contributed by atoms with Gasteiger partial charge in [-0.2, -0.15) is 0 Å². The van der Waals surface area contributed by atoms with Gasteiger partial charge < -0.3 is 14.2 Å². The summed E-state index contributed by atoms with van der Waals surface area (Å²) in [6.45, 7) is 3.58. The van der Waals surface area contributed by atoms with Crippen LogP contribution in [-0.2, 0) is 0 Å². The summed E-state index contributed by atoms with van der Waals surface area (Å²) in [6, 6.07) is 13.5. The van der Waals surface area contributed by atoms with Crippen LogP contribution in [0.4, 0.5) is 16.0 Å². The predicted molar refractivity (Wildman–Crippen MR) is 104 cm³/mol. The maximum atomic E-state index is 14.7. The minimum absolute atomic E-state index is 0.0881. The van der Waals surface area contributed by atoms with Gasteiger partial charge in [0.2, 0.25) is 5.88 Å². The van der Waals surface area contributed by atoms with Crippen LogP contribution in [0.25, 0.3) is 22.1 Å². The summed E-state index contributed by atoms with van der Waals surface area (Å²) in [5.41, 5.74) is 1.75. The fourth-order valence-corrected chi connectivity index (χ4v) is 3.32. The van der Waals surface area contributed by atoms with Gasteiger partial charge in [-0.3, -0.25) is 0 Å². The van der Waals surface area contributed by atoms with Crippen LogP contribution < -0.4 is 10.9 Å². The van der Waals surface area contributed by atoms with E-state index in [1.807, 2.05) is 31.2 Å². The van der Waals surface area contributed by atoms with Gasteiger partial charge in [-0.25, -0.2) is 9.18 Å². The Morgan fingerprint density at radius 2 is 1.78 bits per heavy atom. The van der Waals surface area contributed by atoms with E-state index in [0.29, 0.717) is 11.3 Å². The molecule has 0 amide bonds. The van der Waals surface area contributed by atoms with E-state index in [-0.39, 0.29) is 27.4 Å². The van der Waals surface area contributed by atoms with E-state index >= 15 is 0 Å². The Hall–Kier alpha value is -3.05. The van der Waals surface area contributed by atoms with E-state index in [1.54, 1.807) is 19.1 Å². The molecule has 0 aliphatic carbocycles. The molecular weight excluding hydrogens is 369 g/mol. The van der Waals surface area contributed by atoms with E-state index < -0.39 is 11.4 Å². The van der Waals surface area contributed by atoms with E-state index in [1.165, 1.54) is 12.1 Å². The molecule has 2 aromatic carbocycles. The molecule has 4 rings (SSSR count). The number of hydrogen-bond donors (Lipinski definition) is 1. The molecule has 0 fully saturated rings. The lowest BCUT2D eigenvalue weighted by molar-refractivity contribution is 0.485. The van der Waals surface area contributed by atoms with Gasteiger partial charge in [-0.15, -0.1) is 0 Å². The number of anilines is 2. The summed E-state index contributed by atoms with van der Waals surface area (Å²) in [6.07, 6.45) is 0. The number of aryl methyl sites for hydroxylation is 2. The van der Waals surface area contributed by atoms with E-state index in [0.717, 1.165) is 11.3 Å². The SMILES string of the molecule is Cc1cc2oc(Nc3ccccc3C)c(-c3c(F)cccc3Cl)c2c(=O)o1. The molecule has 4 aromatic rings. The summed E-state index contributed by atoms with van der Waals surface area (Å²) >= 11 is 6.27. The van der Waals surface area contributed by atoms with E-state index in [2.05, 4.69) is 5.32 Å². The largest absolute Gasteiger partial charge is 0.439 e. The number of hydrogen-bond acceptors (Lipinski definition) is 4. The summed E-state index contributed by atoms with van der Waals surface area (Å²) in [4.78, 5) is 12.5. The first-order chi connectivity index (χ1) is 13.0. The highest BCUT2D eigenvalue weighted by Crippen LogP contribution is 2.43. The van der Waals surface area contributed by atoms with E-state index in [4.69, 9.17) is 20.4 Å².